The third-order valence-electron chi connectivity index (χ3n) is 4.16. The maximum atomic E-state index is 12.7. The van der Waals surface area contributed by atoms with Gasteiger partial charge in [-0.05, 0) is 31.2 Å². The van der Waals surface area contributed by atoms with Gasteiger partial charge in [0.1, 0.15) is 0 Å². The van der Waals surface area contributed by atoms with Gasteiger partial charge in [-0.15, -0.1) is 0 Å². The summed E-state index contributed by atoms with van der Waals surface area (Å²) in [7, 11) is 0. The standard InChI is InChI=1S/C18H14N2O5/c1-11(19-12-6-2-4-8-14(12)24-17(19)22)10-16(21)20-13-7-3-5-9-15(13)25-18(20)23/h2-9,11H,10H2,1H3/t11-/m1/s1. The van der Waals surface area contributed by atoms with Crippen LogP contribution < -0.4 is 11.5 Å². The summed E-state index contributed by atoms with van der Waals surface area (Å²) in [6, 6.07) is 13.2. The summed E-state index contributed by atoms with van der Waals surface area (Å²) in [6.45, 7) is 1.73. The van der Waals surface area contributed by atoms with Crippen LogP contribution in [0.15, 0.2) is 67.0 Å². The molecule has 0 unspecified atom stereocenters. The molecule has 7 heteroatoms. The fourth-order valence-corrected chi connectivity index (χ4v) is 3.04. The lowest BCUT2D eigenvalue weighted by molar-refractivity contribution is 0.0881. The Morgan fingerprint density at radius 2 is 1.48 bits per heavy atom. The highest BCUT2D eigenvalue weighted by atomic mass is 16.4. The number of hydrogen-bond donors (Lipinski definition) is 0. The molecule has 0 saturated carbocycles. The van der Waals surface area contributed by atoms with Gasteiger partial charge in [-0.25, -0.2) is 14.2 Å². The molecule has 0 radical (unpaired) electrons. The number of fused-ring (bicyclic) bond motifs is 2. The zero-order chi connectivity index (χ0) is 17.6. The fraction of sp³-hybridized carbons (Fsp3) is 0.167. The molecule has 0 amide bonds. The molecule has 0 aliphatic heterocycles. The van der Waals surface area contributed by atoms with Crippen molar-refractivity contribution < 1.29 is 13.6 Å². The van der Waals surface area contributed by atoms with E-state index in [-0.39, 0.29) is 6.42 Å². The van der Waals surface area contributed by atoms with Gasteiger partial charge in [-0.1, -0.05) is 24.3 Å². The highest BCUT2D eigenvalue weighted by Gasteiger charge is 2.21. The number of rotatable bonds is 3. The van der Waals surface area contributed by atoms with Crippen LogP contribution in [0, 0.1) is 0 Å². The van der Waals surface area contributed by atoms with Crippen LogP contribution in [0.1, 0.15) is 24.2 Å². The summed E-state index contributed by atoms with van der Waals surface area (Å²) in [6.07, 6.45) is -0.0487. The molecule has 126 valence electrons. The average Bonchev–Trinajstić information content (AvgIpc) is 3.09. The van der Waals surface area contributed by atoms with Crippen molar-refractivity contribution in [3.63, 3.8) is 0 Å². The Labute approximate surface area is 140 Å². The van der Waals surface area contributed by atoms with Crippen LogP contribution in [0.3, 0.4) is 0 Å². The number of para-hydroxylation sites is 4. The molecule has 0 aliphatic carbocycles. The average molecular weight is 338 g/mol. The minimum absolute atomic E-state index is 0.0487. The van der Waals surface area contributed by atoms with Crippen LogP contribution in [0.5, 0.6) is 0 Å². The van der Waals surface area contributed by atoms with E-state index in [1.165, 1.54) is 4.57 Å². The van der Waals surface area contributed by atoms with Crippen molar-refractivity contribution in [1.82, 2.24) is 9.13 Å². The molecule has 0 saturated heterocycles. The summed E-state index contributed by atoms with van der Waals surface area (Å²) in [5.74, 6) is -1.71. The number of carbonyl (C=O) groups is 1. The second-order valence-electron chi connectivity index (χ2n) is 5.82. The molecule has 2 aromatic carbocycles. The molecule has 4 aromatic rings. The first-order chi connectivity index (χ1) is 12.1. The quantitative estimate of drug-likeness (QED) is 0.573. The Kier molecular flexibility index (Phi) is 3.42. The highest BCUT2D eigenvalue weighted by Crippen LogP contribution is 2.20. The molecule has 0 fully saturated rings. The van der Waals surface area contributed by atoms with Crippen molar-refractivity contribution in [2.24, 2.45) is 0 Å². The lowest BCUT2D eigenvalue weighted by Gasteiger charge is -2.11. The van der Waals surface area contributed by atoms with E-state index in [0.29, 0.717) is 22.2 Å². The van der Waals surface area contributed by atoms with Gasteiger partial charge in [-0.3, -0.25) is 9.36 Å². The monoisotopic (exact) mass is 338 g/mol. The van der Waals surface area contributed by atoms with E-state index in [4.69, 9.17) is 8.83 Å². The first-order valence-electron chi connectivity index (χ1n) is 7.80. The van der Waals surface area contributed by atoms with E-state index in [1.807, 2.05) is 0 Å². The summed E-state index contributed by atoms with van der Waals surface area (Å²) < 4.78 is 12.7. The normalized spacial score (nSPS) is 12.7. The molecule has 25 heavy (non-hydrogen) atoms. The van der Waals surface area contributed by atoms with Crippen molar-refractivity contribution in [1.29, 1.82) is 0 Å². The van der Waals surface area contributed by atoms with Gasteiger partial charge in [0, 0.05) is 12.5 Å². The summed E-state index contributed by atoms with van der Waals surface area (Å²) >= 11 is 0. The van der Waals surface area contributed by atoms with Crippen LogP contribution in [0.25, 0.3) is 22.2 Å². The van der Waals surface area contributed by atoms with Crippen molar-refractivity contribution in [3.8, 4) is 0 Å². The van der Waals surface area contributed by atoms with Crippen molar-refractivity contribution in [2.45, 2.75) is 19.4 Å². The number of aromatic nitrogens is 2. The molecule has 2 heterocycles. The Hall–Kier alpha value is -3.35. The SMILES string of the molecule is C[C@H](CC(=O)n1c(=O)oc2ccccc21)n1c(=O)oc2ccccc21. The molecule has 4 rings (SSSR count). The predicted molar refractivity (Wildman–Crippen MR) is 90.9 cm³/mol. The zero-order valence-corrected chi connectivity index (χ0v) is 13.3. The maximum Gasteiger partial charge on any atom is 0.426 e. The first-order valence-corrected chi connectivity index (χ1v) is 7.80. The number of carbonyl (C=O) groups excluding carboxylic acids is 1. The second kappa shape index (κ2) is 5.62. The minimum atomic E-state index is -0.734. The summed E-state index contributed by atoms with van der Waals surface area (Å²) in [4.78, 5) is 36.8. The van der Waals surface area contributed by atoms with Crippen molar-refractivity contribution >= 4 is 28.1 Å². The van der Waals surface area contributed by atoms with E-state index < -0.39 is 23.5 Å². The zero-order valence-electron chi connectivity index (χ0n) is 13.3. The first kappa shape index (κ1) is 15.2. The largest absolute Gasteiger partial charge is 0.426 e. The molecule has 1 atom stereocenters. The van der Waals surface area contributed by atoms with Gasteiger partial charge < -0.3 is 8.83 Å². The Bertz CT molecular complexity index is 1210. The van der Waals surface area contributed by atoms with E-state index in [9.17, 15) is 14.4 Å². The lowest BCUT2D eigenvalue weighted by atomic mass is 10.2. The summed E-state index contributed by atoms with van der Waals surface area (Å²) in [5, 5.41) is 0. The lowest BCUT2D eigenvalue weighted by Crippen LogP contribution is -2.27. The third kappa shape index (κ3) is 2.40. The highest BCUT2D eigenvalue weighted by molar-refractivity contribution is 5.89. The van der Waals surface area contributed by atoms with Crippen LogP contribution in [0.2, 0.25) is 0 Å². The Balaban J connectivity index is 1.73. The Morgan fingerprint density at radius 3 is 2.20 bits per heavy atom. The third-order valence-corrected chi connectivity index (χ3v) is 4.16. The molecule has 7 nitrogen and oxygen atoms in total. The smallest absolute Gasteiger partial charge is 0.408 e. The number of oxazole rings is 2. The van der Waals surface area contributed by atoms with Crippen molar-refractivity contribution in [3.05, 3.63) is 69.6 Å². The van der Waals surface area contributed by atoms with Crippen molar-refractivity contribution in [2.75, 3.05) is 0 Å². The number of nitrogens with zero attached hydrogens (tertiary/aromatic N) is 2. The fourth-order valence-electron chi connectivity index (χ4n) is 3.04. The van der Waals surface area contributed by atoms with Crippen LogP contribution in [-0.2, 0) is 0 Å². The molecule has 0 bridgehead atoms. The van der Waals surface area contributed by atoms with Gasteiger partial charge >= 0.3 is 11.5 Å². The van der Waals surface area contributed by atoms with Crippen LogP contribution >= 0.6 is 0 Å². The van der Waals surface area contributed by atoms with Gasteiger partial charge in [0.2, 0.25) is 5.91 Å². The maximum absolute atomic E-state index is 12.7. The molecule has 0 spiro atoms. The van der Waals surface area contributed by atoms with E-state index in [2.05, 4.69) is 0 Å². The second-order valence-corrected chi connectivity index (χ2v) is 5.82. The van der Waals surface area contributed by atoms with Gasteiger partial charge in [0.15, 0.2) is 11.2 Å². The topological polar surface area (TPSA) is 87.4 Å². The Morgan fingerprint density at radius 1 is 0.920 bits per heavy atom. The van der Waals surface area contributed by atoms with E-state index in [0.717, 1.165) is 4.57 Å². The van der Waals surface area contributed by atoms with E-state index in [1.54, 1.807) is 55.5 Å². The molecular formula is C18H14N2O5. The van der Waals surface area contributed by atoms with Gasteiger partial charge in [0.05, 0.1) is 11.0 Å². The molecule has 2 aromatic heterocycles. The molecule has 0 aliphatic rings. The van der Waals surface area contributed by atoms with E-state index >= 15 is 0 Å². The number of hydrogen-bond acceptors (Lipinski definition) is 5. The molecular weight excluding hydrogens is 324 g/mol. The van der Waals surface area contributed by atoms with Crippen LogP contribution in [0.4, 0.5) is 0 Å². The van der Waals surface area contributed by atoms with Gasteiger partial charge in [-0.2, -0.15) is 0 Å². The minimum Gasteiger partial charge on any atom is -0.408 e. The van der Waals surface area contributed by atoms with Gasteiger partial charge in [0.25, 0.3) is 0 Å². The number of benzene rings is 2. The van der Waals surface area contributed by atoms with Crippen LogP contribution in [-0.4, -0.2) is 15.0 Å². The molecule has 0 N–H and O–H groups in total. The predicted octanol–water partition coefficient (Wildman–Crippen LogP) is 2.79. The summed E-state index contributed by atoms with van der Waals surface area (Å²) in [5.41, 5.74) is 1.82.